The van der Waals surface area contributed by atoms with E-state index in [9.17, 15) is 40.0 Å². The SMILES string of the molecule is O=C(N[C@@H](Cc1cccc(C(F)(F)F)c1)C(=O)N[C@H](/C=C/S(=O)(=O)c1ccccc1)CCc1ccccc1)c1cc(F)cc(F)c1. The third-order valence-corrected chi connectivity index (χ3v) is 8.36. The van der Waals surface area contributed by atoms with Crippen LogP contribution in [0.25, 0.3) is 0 Å². The zero-order valence-electron chi connectivity index (χ0n) is 24.2. The van der Waals surface area contributed by atoms with E-state index in [1.807, 2.05) is 30.3 Å². The molecule has 0 aliphatic rings. The normalized spacial score (nSPS) is 13.2. The molecular formula is C34H29F5N2O4S. The van der Waals surface area contributed by atoms with Crippen LogP contribution in [0.2, 0.25) is 0 Å². The molecule has 2 amide bonds. The van der Waals surface area contributed by atoms with Crippen LogP contribution in [0.4, 0.5) is 22.0 Å². The molecule has 4 aromatic carbocycles. The monoisotopic (exact) mass is 656 g/mol. The highest BCUT2D eigenvalue weighted by Gasteiger charge is 2.31. The maximum atomic E-state index is 13.8. The molecule has 0 fully saturated rings. The number of carbonyl (C=O) groups is 2. The van der Waals surface area contributed by atoms with Crippen molar-refractivity contribution in [1.29, 1.82) is 0 Å². The minimum Gasteiger partial charge on any atom is -0.348 e. The molecule has 0 heterocycles. The quantitative estimate of drug-likeness (QED) is 0.172. The molecule has 0 unspecified atom stereocenters. The smallest absolute Gasteiger partial charge is 0.348 e. The number of sulfone groups is 1. The first-order valence-corrected chi connectivity index (χ1v) is 15.6. The van der Waals surface area contributed by atoms with E-state index in [0.717, 1.165) is 41.3 Å². The molecule has 0 bridgehead atoms. The molecule has 0 spiro atoms. The van der Waals surface area contributed by atoms with Gasteiger partial charge in [-0.15, -0.1) is 0 Å². The van der Waals surface area contributed by atoms with E-state index in [0.29, 0.717) is 12.5 Å². The van der Waals surface area contributed by atoms with E-state index in [1.54, 1.807) is 18.2 Å². The highest BCUT2D eigenvalue weighted by molar-refractivity contribution is 7.94. The lowest BCUT2D eigenvalue weighted by Crippen LogP contribution is -2.50. The fraction of sp³-hybridized carbons (Fsp3) is 0.176. The number of hydrogen-bond donors (Lipinski definition) is 2. The Kier molecular flexibility index (Phi) is 11.1. The number of carbonyl (C=O) groups excluding carboxylic acids is 2. The van der Waals surface area contributed by atoms with Crippen LogP contribution in [-0.2, 0) is 33.6 Å². The number of halogens is 5. The minimum atomic E-state index is -4.67. The number of nitrogens with one attached hydrogen (secondary N) is 2. The molecular weight excluding hydrogens is 627 g/mol. The molecule has 0 aromatic heterocycles. The average Bonchev–Trinajstić information content (AvgIpc) is 3.02. The number of amides is 2. The fourth-order valence-electron chi connectivity index (χ4n) is 4.60. The first-order valence-electron chi connectivity index (χ1n) is 14.1. The Labute approximate surface area is 262 Å². The van der Waals surface area contributed by atoms with E-state index < -0.39 is 69.1 Å². The van der Waals surface area contributed by atoms with Gasteiger partial charge in [-0.05, 0) is 54.3 Å². The molecule has 4 rings (SSSR count). The van der Waals surface area contributed by atoms with Crippen LogP contribution in [-0.4, -0.2) is 32.3 Å². The Hall–Kier alpha value is -4.84. The Morgan fingerprint density at radius 2 is 1.37 bits per heavy atom. The molecule has 240 valence electrons. The Bertz CT molecular complexity index is 1780. The second-order valence-corrected chi connectivity index (χ2v) is 12.2. The van der Waals surface area contributed by atoms with Crippen molar-refractivity contribution in [3.05, 3.63) is 149 Å². The van der Waals surface area contributed by atoms with Crippen LogP contribution >= 0.6 is 0 Å². The summed E-state index contributed by atoms with van der Waals surface area (Å²) in [7, 11) is -3.90. The molecule has 0 aliphatic heterocycles. The van der Waals surface area contributed by atoms with Gasteiger partial charge in [-0.2, -0.15) is 13.2 Å². The van der Waals surface area contributed by atoms with Crippen molar-refractivity contribution in [3.63, 3.8) is 0 Å². The third kappa shape index (κ3) is 9.83. The van der Waals surface area contributed by atoms with E-state index in [1.165, 1.54) is 24.3 Å². The van der Waals surface area contributed by atoms with Gasteiger partial charge in [0.25, 0.3) is 5.91 Å². The summed E-state index contributed by atoms with van der Waals surface area (Å²) in [6.45, 7) is 0. The third-order valence-electron chi connectivity index (χ3n) is 6.92. The van der Waals surface area contributed by atoms with Gasteiger partial charge >= 0.3 is 6.18 Å². The molecule has 6 nitrogen and oxygen atoms in total. The minimum absolute atomic E-state index is 0.0244. The fourth-order valence-corrected chi connectivity index (χ4v) is 5.69. The summed E-state index contributed by atoms with van der Waals surface area (Å²) < 4.78 is 93.7. The standard InChI is InChI=1S/C34H29F5N2O4S/c35-27-20-25(21-28(36)22-27)32(42)41-31(19-24-10-7-11-26(18-24)34(37,38)39)33(43)40-29(15-14-23-8-3-1-4-9-23)16-17-46(44,45)30-12-5-2-6-13-30/h1-13,16-18,20-22,29,31H,14-15,19H2,(H,40,43)(H,41,42)/b17-16+/t29-,31-/m0/s1. The molecule has 0 saturated heterocycles. The van der Waals surface area contributed by atoms with Gasteiger partial charge in [0.2, 0.25) is 5.91 Å². The first kappa shape index (κ1) is 34.0. The van der Waals surface area contributed by atoms with Crippen LogP contribution in [0.5, 0.6) is 0 Å². The molecule has 46 heavy (non-hydrogen) atoms. The van der Waals surface area contributed by atoms with Gasteiger partial charge in [-0.3, -0.25) is 9.59 Å². The van der Waals surface area contributed by atoms with Crippen LogP contribution < -0.4 is 10.6 Å². The average molecular weight is 657 g/mol. The van der Waals surface area contributed by atoms with E-state index in [2.05, 4.69) is 10.6 Å². The highest BCUT2D eigenvalue weighted by atomic mass is 32.2. The van der Waals surface area contributed by atoms with Gasteiger partial charge in [0.1, 0.15) is 17.7 Å². The van der Waals surface area contributed by atoms with Crippen molar-refractivity contribution in [2.75, 3.05) is 0 Å². The van der Waals surface area contributed by atoms with Gasteiger partial charge in [0, 0.05) is 29.5 Å². The zero-order valence-corrected chi connectivity index (χ0v) is 25.0. The second-order valence-electron chi connectivity index (χ2n) is 10.4. The van der Waals surface area contributed by atoms with Crippen LogP contribution in [0.1, 0.15) is 33.5 Å². The summed E-state index contributed by atoms with van der Waals surface area (Å²) in [6, 6.07) is 20.5. The Morgan fingerprint density at radius 1 is 0.761 bits per heavy atom. The van der Waals surface area contributed by atoms with E-state index >= 15 is 0 Å². The number of aryl methyl sites for hydroxylation is 1. The van der Waals surface area contributed by atoms with Crippen molar-refractivity contribution in [2.45, 2.75) is 42.4 Å². The lowest BCUT2D eigenvalue weighted by atomic mass is 10.0. The summed E-state index contributed by atoms with van der Waals surface area (Å²) in [5, 5.41) is 6.00. The van der Waals surface area contributed by atoms with Gasteiger partial charge < -0.3 is 10.6 Å². The number of benzene rings is 4. The number of hydrogen-bond acceptors (Lipinski definition) is 4. The molecule has 2 N–H and O–H groups in total. The molecule has 0 radical (unpaired) electrons. The number of rotatable bonds is 12. The summed E-state index contributed by atoms with van der Waals surface area (Å²) in [5.74, 6) is -4.00. The lowest BCUT2D eigenvalue weighted by Gasteiger charge is -2.23. The van der Waals surface area contributed by atoms with Crippen molar-refractivity contribution in [3.8, 4) is 0 Å². The van der Waals surface area contributed by atoms with E-state index in [-0.39, 0.29) is 16.9 Å². The van der Waals surface area contributed by atoms with Crippen LogP contribution in [0, 0.1) is 11.6 Å². The highest BCUT2D eigenvalue weighted by Crippen LogP contribution is 2.30. The molecule has 0 saturated carbocycles. The molecule has 0 aliphatic carbocycles. The second kappa shape index (κ2) is 15.0. The van der Waals surface area contributed by atoms with Crippen LogP contribution in [0.3, 0.4) is 0 Å². The molecule has 2 atom stereocenters. The topological polar surface area (TPSA) is 92.3 Å². The predicted octanol–water partition coefficient (Wildman–Crippen LogP) is 6.43. The van der Waals surface area contributed by atoms with Gasteiger partial charge in [0.15, 0.2) is 9.84 Å². The van der Waals surface area contributed by atoms with Crippen molar-refractivity contribution < 1.29 is 40.0 Å². The summed E-state index contributed by atoms with van der Waals surface area (Å²) in [4.78, 5) is 26.7. The molecule has 4 aromatic rings. The predicted molar refractivity (Wildman–Crippen MR) is 162 cm³/mol. The van der Waals surface area contributed by atoms with Gasteiger partial charge in [-0.1, -0.05) is 72.8 Å². The largest absolute Gasteiger partial charge is 0.416 e. The van der Waals surface area contributed by atoms with E-state index in [4.69, 9.17) is 0 Å². The van der Waals surface area contributed by atoms with Crippen molar-refractivity contribution in [2.24, 2.45) is 0 Å². The lowest BCUT2D eigenvalue weighted by molar-refractivity contribution is -0.137. The van der Waals surface area contributed by atoms with Gasteiger partial charge in [0.05, 0.1) is 10.5 Å². The molecule has 12 heteroatoms. The van der Waals surface area contributed by atoms with Gasteiger partial charge in [-0.25, -0.2) is 17.2 Å². The van der Waals surface area contributed by atoms with Crippen molar-refractivity contribution in [1.82, 2.24) is 10.6 Å². The maximum Gasteiger partial charge on any atom is 0.416 e. The first-order chi connectivity index (χ1) is 21.8. The Balaban J connectivity index is 1.63. The van der Waals surface area contributed by atoms with Crippen molar-refractivity contribution >= 4 is 21.7 Å². The summed E-state index contributed by atoms with van der Waals surface area (Å²) in [6.07, 6.45) is -3.18. The Morgan fingerprint density at radius 3 is 2.00 bits per heavy atom. The summed E-state index contributed by atoms with van der Waals surface area (Å²) >= 11 is 0. The van der Waals surface area contributed by atoms with Crippen LogP contribution in [0.15, 0.2) is 120 Å². The summed E-state index contributed by atoms with van der Waals surface area (Å²) in [5.41, 5.74) is -0.488. The maximum absolute atomic E-state index is 13.8. The number of alkyl halides is 3. The zero-order chi connectivity index (χ0) is 33.3.